The van der Waals surface area contributed by atoms with E-state index in [2.05, 4.69) is 30.1 Å². The summed E-state index contributed by atoms with van der Waals surface area (Å²) in [4.78, 5) is 32.6. The van der Waals surface area contributed by atoms with Crippen LogP contribution in [0.3, 0.4) is 0 Å². The van der Waals surface area contributed by atoms with Crippen molar-refractivity contribution in [1.82, 2.24) is 15.2 Å². The van der Waals surface area contributed by atoms with Crippen LogP contribution in [0.5, 0.6) is 5.75 Å². The van der Waals surface area contributed by atoms with Gasteiger partial charge in [-0.3, -0.25) is 9.59 Å². The van der Waals surface area contributed by atoms with Gasteiger partial charge in [0, 0.05) is 47.0 Å². The van der Waals surface area contributed by atoms with E-state index in [1.165, 1.54) is 0 Å². The molecule has 4 aliphatic heterocycles. The minimum atomic E-state index is -0.866. The third-order valence-electron chi connectivity index (χ3n) is 8.58. The second-order valence-corrected chi connectivity index (χ2v) is 11.1. The number of fused-ring (bicyclic) bond motifs is 4. The number of H-pyrrole nitrogens is 1. The Bertz CT molecular complexity index is 1250. The smallest absolute Gasteiger partial charge is 0.249 e. The van der Waals surface area contributed by atoms with Gasteiger partial charge < -0.3 is 19.9 Å². The van der Waals surface area contributed by atoms with E-state index in [1.807, 2.05) is 36.9 Å². The molecule has 0 unspecified atom stereocenters. The number of hydrogen-bond donors (Lipinski definition) is 2. The molecule has 1 aliphatic carbocycles. The summed E-state index contributed by atoms with van der Waals surface area (Å²) in [6.07, 6.45) is 8.50. The summed E-state index contributed by atoms with van der Waals surface area (Å²) in [5.74, 6) is 3.56. The van der Waals surface area contributed by atoms with Gasteiger partial charge in [-0.2, -0.15) is 0 Å². The van der Waals surface area contributed by atoms with Crippen LogP contribution < -0.4 is 10.1 Å². The molecule has 1 aromatic carbocycles. The van der Waals surface area contributed by atoms with Crippen molar-refractivity contribution in [1.29, 1.82) is 0 Å². The van der Waals surface area contributed by atoms with E-state index >= 15 is 0 Å². The Morgan fingerprint density at radius 3 is 2.81 bits per heavy atom. The molecule has 1 aromatic heterocycles. The Hall–Kier alpha value is -2.94. The molecule has 2 aromatic rings. The summed E-state index contributed by atoms with van der Waals surface area (Å²) in [6.45, 7) is 8.83. The van der Waals surface area contributed by atoms with Gasteiger partial charge in [0.1, 0.15) is 16.8 Å². The van der Waals surface area contributed by atoms with E-state index < -0.39 is 16.7 Å². The van der Waals surface area contributed by atoms with Crippen LogP contribution in [0.4, 0.5) is 0 Å². The van der Waals surface area contributed by atoms with Crippen molar-refractivity contribution in [3.05, 3.63) is 29.5 Å². The molecule has 2 bridgehead atoms. The molecule has 7 rings (SSSR count). The van der Waals surface area contributed by atoms with Crippen LogP contribution in [-0.4, -0.2) is 44.9 Å². The van der Waals surface area contributed by atoms with Crippen molar-refractivity contribution in [3.8, 4) is 18.1 Å². The number of aromatic amines is 1. The molecule has 3 atom stereocenters. The van der Waals surface area contributed by atoms with E-state index in [0.29, 0.717) is 18.7 Å². The summed E-state index contributed by atoms with van der Waals surface area (Å²) < 4.78 is 5.99. The molecular formula is C26H29N3O3. The molecule has 4 fully saturated rings. The van der Waals surface area contributed by atoms with E-state index in [-0.39, 0.29) is 23.1 Å². The molecule has 32 heavy (non-hydrogen) atoms. The number of piperidine rings is 2. The number of terminal acetylenes is 1. The number of aromatic nitrogens is 1. The van der Waals surface area contributed by atoms with Gasteiger partial charge in [0.25, 0.3) is 0 Å². The highest BCUT2D eigenvalue weighted by Crippen LogP contribution is 2.59. The normalized spacial score (nSPS) is 32.2. The number of hydrogen-bond acceptors (Lipinski definition) is 3. The van der Waals surface area contributed by atoms with Crippen molar-refractivity contribution in [2.24, 2.45) is 5.92 Å². The summed E-state index contributed by atoms with van der Waals surface area (Å²) in [6, 6.07) is 5.95. The first kappa shape index (κ1) is 19.7. The summed E-state index contributed by atoms with van der Waals surface area (Å²) >= 11 is 0. The lowest BCUT2D eigenvalue weighted by Gasteiger charge is -2.64. The number of ether oxygens (including phenoxy) is 1. The SMILES string of the molecule is C#CC(C)(C)Oc1ccc2c3c([nH]c2c1)C(C)(C)[C@@H]1C[C@]24CCCN2C(=O)[C@@]1(C3)NC4=O. The van der Waals surface area contributed by atoms with Gasteiger partial charge in [0.2, 0.25) is 11.8 Å². The number of nitrogens with one attached hydrogen (secondary N) is 2. The molecule has 166 valence electrons. The molecule has 0 radical (unpaired) electrons. The summed E-state index contributed by atoms with van der Waals surface area (Å²) in [7, 11) is 0. The highest BCUT2D eigenvalue weighted by molar-refractivity contribution is 6.06. The van der Waals surface area contributed by atoms with Crippen LogP contribution in [0, 0.1) is 18.3 Å². The van der Waals surface area contributed by atoms with Crippen molar-refractivity contribution < 1.29 is 14.3 Å². The third kappa shape index (κ3) is 2.17. The average Bonchev–Trinajstić information content (AvgIpc) is 3.32. The maximum absolute atomic E-state index is 13.8. The summed E-state index contributed by atoms with van der Waals surface area (Å²) in [5, 5.41) is 4.32. The van der Waals surface area contributed by atoms with Crippen LogP contribution in [0.2, 0.25) is 0 Å². The largest absolute Gasteiger partial charge is 0.475 e. The lowest BCUT2D eigenvalue weighted by atomic mass is 9.51. The number of benzene rings is 1. The average molecular weight is 432 g/mol. The second-order valence-electron chi connectivity index (χ2n) is 11.1. The number of rotatable bonds is 2. The third-order valence-corrected chi connectivity index (χ3v) is 8.58. The molecule has 2 N–H and O–H groups in total. The molecule has 5 aliphatic rings. The quantitative estimate of drug-likeness (QED) is 0.718. The van der Waals surface area contributed by atoms with Crippen molar-refractivity contribution in [2.45, 2.75) is 75.5 Å². The van der Waals surface area contributed by atoms with Gasteiger partial charge in [0.05, 0.1) is 0 Å². The Balaban J connectivity index is 1.50. The molecule has 6 heteroatoms. The molecule has 0 saturated carbocycles. The zero-order chi connectivity index (χ0) is 22.7. The molecule has 6 nitrogen and oxygen atoms in total. The highest BCUT2D eigenvalue weighted by atomic mass is 16.5. The Kier molecular flexibility index (Phi) is 3.51. The van der Waals surface area contributed by atoms with Crippen molar-refractivity contribution in [2.75, 3.05) is 6.54 Å². The topological polar surface area (TPSA) is 74.4 Å². The first-order chi connectivity index (χ1) is 15.0. The number of nitrogens with zero attached hydrogens (tertiary/aromatic N) is 1. The van der Waals surface area contributed by atoms with Gasteiger partial charge >= 0.3 is 0 Å². The maximum atomic E-state index is 13.8. The van der Waals surface area contributed by atoms with Crippen molar-refractivity contribution >= 4 is 22.7 Å². The molecule has 2 spiro atoms. The lowest BCUT2D eigenvalue weighted by Crippen LogP contribution is -2.84. The minimum absolute atomic E-state index is 0.0390. The Morgan fingerprint density at radius 2 is 2.06 bits per heavy atom. The lowest BCUT2D eigenvalue weighted by molar-refractivity contribution is -0.179. The van der Waals surface area contributed by atoms with E-state index in [1.54, 1.807) is 0 Å². The predicted molar refractivity (Wildman–Crippen MR) is 121 cm³/mol. The van der Waals surface area contributed by atoms with Crippen molar-refractivity contribution in [3.63, 3.8) is 0 Å². The van der Waals surface area contributed by atoms with Gasteiger partial charge in [-0.15, -0.1) is 6.42 Å². The van der Waals surface area contributed by atoms with E-state index in [0.717, 1.165) is 41.4 Å². The Labute approximate surface area is 188 Å². The highest BCUT2D eigenvalue weighted by Gasteiger charge is 2.72. The molecule has 2 amide bonds. The first-order valence-corrected chi connectivity index (χ1v) is 11.5. The fraction of sp³-hybridized carbons (Fsp3) is 0.538. The van der Waals surface area contributed by atoms with Gasteiger partial charge in [-0.05, 0) is 50.8 Å². The number of amides is 2. The number of carbonyl (C=O) groups is 2. The zero-order valence-corrected chi connectivity index (χ0v) is 19.1. The maximum Gasteiger partial charge on any atom is 0.249 e. The standard InChI is InChI=1S/C26H29N3O3/c1-6-23(2,3)32-15-8-9-16-17-13-26-19(24(4,5)20(17)27-18(16)12-15)14-25(21(30)28-26)10-7-11-29(25)22(26)31/h1,8-9,12,19,27H,7,10-11,13-14H2,2-5H3,(H,28,30)/t19-,25-,26-/m0/s1. The van der Waals surface area contributed by atoms with Crippen LogP contribution >= 0.6 is 0 Å². The minimum Gasteiger partial charge on any atom is -0.475 e. The van der Waals surface area contributed by atoms with E-state index in [4.69, 9.17) is 11.2 Å². The van der Waals surface area contributed by atoms with Gasteiger partial charge in [-0.1, -0.05) is 19.8 Å². The molecule has 4 saturated heterocycles. The van der Waals surface area contributed by atoms with Crippen LogP contribution in [0.15, 0.2) is 18.2 Å². The fourth-order valence-electron chi connectivity index (χ4n) is 7.00. The van der Waals surface area contributed by atoms with Crippen LogP contribution in [-0.2, 0) is 21.4 Å². The van der Waals surface area contributed by atoms with Crippen LogP contribution in [0.1, 0.15) is 58.2 Å². The van der Waals surface area contributed by atoms with Crippen LogP contribution in [0.25, 0.3) is 10.9 Å². The van der Waals surface area contributed by atoms with Gasteiger partial charge in [0.15, 0.2) is 5.60 Å². The zero-order valence-electron chi connectivity index (χ0n) is 19.1. The number of piperazine rings is 1. The fourth-order valence-corrected chi connectivity index (χ4v) is 7.00. The predicted octanol–water partition coefficient (Wildman–Crippen LogP) is 3.04. The first-order valence-electron chi connectivity index (χ1n) is 11.5. The molecule has 5 heterocycles. The van der Waals surface area contributed by atoms with Gasteiger partial charge in [-0.25, -0.2) is 0 Å². The Morgan fingerprint density at radius 1 is 1.28 bits per heavy atom. The summed E-state index contributed by atoms with van der Waals surface area (Å²) in [5.41, 5.74) is 0.723. The second kappa shape index (κ2) is 5.70. The van der Waals surface area contributed by atoms with E-state index in [9.17, 15) is 9.59 Å². The molecular weight excluding hydrogens is 402 g/mol. The number of carbonyl (C=O) groups excluding carboxylic acids is 2. The monoisotopic (exact) mass is 431 g/mol.